The summed E-state index contributed by atoms with van der Waals surface area (Å²) in [4.78, 5) is 8.48. The van der Waals surface area contributed by atoms with Gasteiger partial charge in [-0.2, -0.15) is 9.37 Å². The Morgan fingerprint density at radius 3 is 2.57 bits per heavy atom. The van der Waals surface area contributed by atoms with Crippen LogP contribution >= 0.6 is 0 Å². The Bertz CT molecular complexity index is 326. The highest BCUT2D eigenvalue weighted by atomic mass is 19.1. The third-order valence-electron chi connectivity index (χ3n) is 2.19. The molecule has 1 saturated heterocycles. The zero-order chi connectivity index (χ0) is 10.1. The van der Waals surface area contributed by atoms with Crippen LogP contribution in [-0.2, 0) is 0 Å². The van der Waals surface area contributed by atoms with E-state index in [1.165, 1.54) is 12.3 Å². The minimum absolute atomic E-state index is 0.262. The third kappa shape index (κ3) is 1.66. The summed E-state index contributed by atoms with van der Waals surface area (Å²) >= 11 is 0. The Morgan fingerprint density at radius 1 is 1.36 bits per heavy atom. The second kappa shape index (κ2) is 3.47. The smallest absolute Gasteiger partial charge is 0.310 e. The van der Waals surface area contributed by atoms with E-state index in [1.54, 1.807) is 4.90 Å². The van der Waals surface area contributed by atoms with Gasteiger partial charge in [0.2, 0.25) is 0 Å². The summed E-state index contributed by atoms with van der Waals surface area (Å²) in [6.45, 7) is 0.523. The lowest BCUT2D eigenvalue weighted by Gasteiger charge is -2.15. The van der Waals surface area contributed by atoms with Crippen molar-refractivity contribution in [3.8, 4) is 0 Å². The van der Waals surface area contributed by atoms with Crippen LogP contribution in [0.2, 0.25) is 0 Å². The van der Waals surface area contributed by atoms with Crippen molar-refractivity contribution in [1.29, 1.82) is 0 Å². The van der Waals surface area contributed by atoms with Gasteiger partial charge in [0.1, 0.15) is 5.82 Å². The monoisotopic (exact) mass is 199 g/mol. The van der Waals surface area contributed by atoms with Crippen molar-refractivity contribution < 1.29 is 14.6 Å². The fourth-order valence-corrected chi connectivity index (χ4v) is 1.46. The molecule has 0 bridgehead atoms. The van der Waals surface area contributed by atoms with Gasteiger partial charge >= 0.3 is 6.08 Å². The molecule has 2 N–H and O–H groups in total. The molecule has 6 heteroatoms. The van der Waals surface area contributed by atoms with E-state index in [-0.39, 0.29) is 13.1 Å². The SMILES string of the molecule is OC1CN(c2ccnc(F)n2)CC1O. The first kappa shape index (κ1) is 9.29. The highest BCUT2D eigenvalue weighted by Crippen LogP contribution is 2.17. The van der Waals surface area contributed by atoms with Crippen LogP contribution in [0.3, 0.4) is 0 Å². The maximum atomic E-state index is 12.6. The molecule has 2 rings (SSSR count). The average molecular weight is 199 g/mol. The highest BCUT2D eigenvalue weighted by Gasteiger charge is 2.30. The van der Waals surface area contributed by atoms with Gasteiger partial charge in [0.15, 0.2) is 0 Å². The molecule has 0 aromatic carbocycles. The molecule has 0 saturated carbocycles. The molecule has 2 unspecified atom stereocenters. The van der Waals surface area contributed by atoms with Crippen molar-refractivity contribution in [2.24, 2.45) is 0 Å². The molecule has 76 valence electrons. The fourth-order valence-electron chi connectivity index (χ4n) is 1.46. The van der Waals surface area contributed by atoms with E-state index in [0.29, 0.717) is 5.82 Å². The second-order valence-electron chi connectivity index (χ2n) is 3.22. The maximum absolute atomic E-state index is 12.6. The van der Waals surface area contributed by atoms with Crippen LogP contribution in [0.4, 0.5) is 10.2 Å². The molecule has 1 aliphatic heterocycles. The minimum Gasteiger partial charge on any atom is -0.389 e. The van der Waals surface area contributed by atoms with Gasteiger partial charge in [0.25, 0.3) is 0 Å². The second-order valence-corrected chi connectivity index (χ2v) is 3.22. The predicted octanol–water partition coefficient (Wildman–Crippen LogP) is -0.843. The van der Waals surface area contributed by atoms with Gasteiger partial charge < -0.3 is 15.1 Å². The molecule has 0 spiro atoms. The molecule has 0 amide bonds. The van der Waals surface area contributed by atoms with Gasteiger partial charge in [0.05, 0.1) is 12.2 Å². The average Bonchev–Trinajstić information content (AvgIpc) is 2.47. The first-order valence-electron chi connectivity index (χ1n) is 4.26. The van der Waals surface area contributed by atoms with Crippen LogP contribution in [0.1, 0.15) is 0 Å². The lowest BCUT2D eigenvalue weighted by molar-refractivity contribution is 0.0572. The molecule has 2 atom stereocenters. The lowest BCUT2D eigenvalue weighted by atomic mass is 10.3. The van der Waals surface area contributed by atoms with Gasteiger partial charge in [-0.3, -0.25) is 0 Å². The number of nitrogens with zero attached hydrogens (tertiary/aromatic N) is 3. The maximum Gasteiger partial charge on any atom is 0.310 e. The van der Waals surface area contributed by atoms with E-state index in [1.807, 2.05) is 0 Å². The molecule has 14 heavy (non-hydrogen) atoms. The number of β-amino-alcohol motifs (C(OH)–C–C–N with tert-alkyl or cyclic N) is 2. The van der Waals surface area contributed by atoms with Gasteiger partial charge in [-0.1, -0.05) is 0 Å². The molecular formula is C8H10FN3O2. The van der Waals surface area contributed by atoms with E-state index in [0.717, 1.165) is 0 Å². The van der Waals surface area contributed by atoms with E-state index < -0.39 is 18.3 Å². The van der Waals surface area contributed by atoms with Gasteiger partial charge in [-0.15, -0.1) is 0 Å². The van der Waals surface area contributed by atoms with Gasteiger partial charge in [0, 0.05) is 19.3 Å². The standard InChI is InChI=1S/C8H10FN3O2/c9-8-10-2-1-7(11-8)12-3-5(13)6(14)4-12/h1-2,5-6,13-14H,3-4H2. The number of halogens is 1. The summed E-state index contributed by atoms with van der Waals surface area (Å²) in [6.07, 6.45) is -1.10. The van der Waals surface area contributed by atoms with E-state index >= 15 is 0 Å². The first-order valence-corrected chi connectivity index (χ1v) is 4.26. The first-order chi connectivity index (χ1) is 6.66. The van der Waals surface area contributed by atoms with Gasteiger partial charge in [-0.25, -0.2) is 4.98 Å². The molecule has 5 nitrogen and oxygen atoms in total. The number of aliphatic hydroxyl groups excluding tert-OH is 2. The summed E-state index contributed by atoms with van der Waals surface area (Å²) in [7, 11) is 0. The molecule has 2 heterocycles. The van der Waals surface area contributed by atoms with Crippen molar-refractivity contribution in [1.82, 2.24) is 9.97 Å². The summed E-state index contributed by atoms with van der Waals surface area (Å²) in [6, 6.07) is 1.54. The lowest BCUT2D eigenvalue weighted by Crippen LogP contribution is -2.22. The Kier molecular flexibility index (Phi) is 2.30. The van der Waals surface area contributed by atoms with Crippen LogP contribution in [0, 0.1) is 6.08 Å². The molecular weight excluding hydrogens is 189 g/mol. The number of hydrogen-bond acceptors (Lipinski definition) is 5. The number of rotatable bonds is 1. The van der Waals surface area contributed by atoms with Crippen molar-refractivity contribution >= 4 is 5.82 Å². The quantitative estimate of drug-likeness (QED) is 0.577. The Labute approximate surface area is 79.8 Å². The summed E-state index contributed by atoms with van der Waals surface area (Å²) in [5.41, 5.74) is 0. The Morgan fingerprint density at radius 2 is 2.00 bits per heavy atom. The largest absolute Gasteiger partial charge is 0.389 e. The normalized spacial score (nSPS) is 26.9. The third-order valence-corrected chi connectivity index (χ3v) is 2.19. The van der Waals surface area contributed by atoms with Crippen molar-refractivity contribution in [3.63, 3.8) is 0 Å². The van der Waals surface area contributed by atoms with E-state index in [4.69, 9.17) is 0 Å². The molecule has 0 aliphatic carbocycles. The number of anilines is 1. The minimum atomic E-state index is -0.807. The Hall–Kier alpha value is -1.27. The summed E-state index contributed by atoms with van der Waals surface area (Å²) in [5.74, 6) is 0.383. The van der Waals surface area contributed by atoms with E-state index in [9.17, 15) is 14.6 Å². The number of aromatic nitrogens is 2. The molecule has 1 aromatic heterocycles. The van der Waals surface area contributed by atoms with Crippen molar-refractivity contribution in [2.75, 3.05) is 18.0 Å². The van der Waals surface area contributed by atoms with Crippen LogP contribution in [-0.4, -0.2) is 45.5 Å². The predicted molar refractivity (Wildman–Crippen MR) is 46.2 cm³/mol. The number of aliphatic hydroxyl groups is 2. The molecule has 1 aromatic rings. The zero-order valence-electron chi connectivity index (χ0n) is 7.34. The van der Waals surface area contributed by atoms with Gasteiger partial charge in [-0.05, 0) is 6.07 Å². The molecule has 1 fully saturated rings. The van der Waals surface area contributed by atoms with Crippen molar-refractivity contribution in [2.45, 2.75) is 12.2 Å². The van der Waals surface area contributed by atoms with Crippen LogP contribution in [0.15, 0.2) is 12.3 Å². The van der Waals surface area contributed by atoms with Crippen LogP contribution < -0.4 is 4.90 Å². The fraction of sp³-hybridized carbons (Fsp3) is 0.500. The topological polar surface area (TPSA) is 69.5 Å². The molecule has 1 aliphatic rings. The zero-order valence-corrected chi connectivity index (χ0v) is 7.34. The van der Waals surface area contributed by atoms with E-state index in [2.05, 4.69) is 9.97 Å². The summed E-state index contributed by atoms with van der Waals surface area (Å²) in [5, 5.41) is 18.5. The number of hydrogen-bond donors (Lipinski definition) is 2. The Balaban J connectivity index is 2.17. The summed E-state index contributed by atoms with van der Waals surface area (Å²) < 4.78 is 12.6. The van der Waals surface area contributed by atoms with Crippen LogP contribution in [0.25, 0.3) is 0 Å². The van der Waals surface area contributed by atoms with Crippen LogP contribution in [0.5, 0.6) is 0 Å². The van der Waals surface area contributed by atoms with Crippen molar-refractivity contribution in [3.05, 3.63) is 18.3 Å². The molecule has 0 radical (unpaired) electrons. The highest BCUT2D eigenvalue weighted by molar-refractivity contribution is 5.38.